The van der Waals surface area contributed by atoms with Gasteiger partial charge in [-0.25, -0.2) is 4.98 Å². The molecule has 0 saturated carbocycles. The van der Waals surface area contributed by atoms with Crippen LogP contribution in [0.5, 0.6) is 0 Å². The molecule has 0 amide bonds. The standard InChI is InChI=1S/C15H16ClN3O3/c1-11-6-7-17-15(14(11)19(20)21)18-8-9-22-10-12-2-4-13(16)5-3-12/h2-7H,8-10H2,1H3,(H,17,18). The molecule has 0 aliphatic carbocycles. The number of nitrogens with zero attached hydrogens (tertiary/aromatic N) is 2. The first-order chi connectivity index (χ1) is 10.6. The van der Waals surface area contributed by atoms with Crippen LogP contribution in [-0.2, 0) is 11.3 Å². The summed E-state index contributed by atoms with van der Waals surface area (Å²) in [5.74, 6) is 0.264. The Morgan fingerprint density at radius 1 is 1.32 bits per heavy atom. The second-order valence-corrected chi connectivity index (χ2v) is 5.12. The van der Waals surface area contributed by atoms with Crippen LogP contribution in [-0.4, -0.2) is 23.1 Å². The van der Waals surface area contributed by atoms with Gasteiger partial charge >= 0.3 is 5.69 Å². The van der Waals surface area contributed by atoms with E-state index in [1.165, 1.54) is 0 Å². The summed E-state index contributed by atoms with van der Waals surface area (Å²) in [6, 6.07) is 9.00. The minimum Gasteiger partial charge on any atom is -0.375 e. The van der Waals surface area contributed by atoms with E-state index in [0.717, 1.165) is 5.56 Å². The Kier molecular flexibility index (Phi) is 5.68. The Morgan fingerprint density at radius 2 is 2.05 bits per heavy atom. The van der Waals surface area contributed by atoms with Crippen molar-refractivity contribution in [3.05, 3.63) is 62.8 Å². The smallest absolute Gasteiger partial charge is 0.314 e. The molecule has 6 nitrogen and oxygen atoms in total. The van der Waals surface area contributed by atoms with Gasteiger partial charge in [0.1, 0.15) is 0 Å². The van der Waals surface area contributed by atoms with Gasteiger partial charge in [-0.2, -0.15) is 0 Å². The highest BCUT2D eigenvalue weighted by Crippen LogP contribution is 2.25. The zero-order chi connectivity index (χ0) is 15.9. The van der Waals surface area contributed by atoms with Crippen LogP contribution in [0.1, 0.15) is 11.1 Å². The molecule has 2 rings (SSSR count). The number of aromatic nitrogens is 1. The van der Waals surface area contributed by atoms with E-state index in [1.54, 1.807) is 31.3 Å². The van der Waals surface area contributed by atoms with Crippen molar-refractivity contribution in [2.45, 2.75) is 13.5 Å². The minimum absolute atomic E-state index is 0.000186. The molecule has 0 spiro atoms. The lowest BCUT2D eigenvalue weighted by atomic mass is 10.2. The predicted molar refractivity (Wildman–Crippen MR) is 85.2 cm³/mol. The van der Waals surface area contributed by atoms with Gasteiger partial charge in [-0.15, -0.1) is 0 Å². The van der Waals surface area contributed by atoms with Crippen LogP contribution in [0.3, 0.4) is 0 Å². The van der Waals surface area contributed by atoms with Gasteiger partial charge in [-0.05, 0) is 30.7 Å². The predicted octanol–water partition coefficient (Wildman–Crippen LogP) is 3.58. The van der Waals surface area contributed by atoms with E-state index in [2.05, 4.69) is 10.3 Å². The van der Waals surface area contributed by atoms with Gasteiger partial charge in [0.15, 0.2) is 0 Å². The van der Waals surface area contributed by atoms with Crippen molar-refractivity contribution in [3.63, 3.8) is 0 Å². The average molecular weight is 322 g/mol. The van der Waals surface area contributed by atoms with Crippen molar-refractivity contribution in [3.8, 4) is 0 Å². The first kappa shape index (κ1) is 16.2. The van der Waals surface area contributed by atoms with E-state index in [1.807, 2.05) is 12.1 Å². The van der Waals surface area contributed by atoms with Crippen molar-refractivity contribution < 1.29 is 9.66 Å². The lowest BCUT2D eigenvalue weighted by Gasteiger charge is -2.08. The Labute approximate surface area is 133 Å². The molecule has 0 aliphatic rings. The van der Waals surface area contributed by atoms with Crippen molar-refractivity contribution in [2.75, 3.05) is 18.5 Å². The van der Waals surface area contributed by atoms with Gasteiger partial charge in [0, 0.05) is 23.3 Å². The van der Waals surface area contributed by atoms with Crippen LogP contribution in [0.25, 0.3) is 0 Å². The highest BCUT2D eigenvalue weighted by molar-refractivity contribution is 6.30. The number of nitro groups is 1. The number of pyridine rings is 1. The zero-order valence-electron chi connectivity index (χ0n) is 12.1. The summed E-state index contributed by atoms with van der Waals surface area (Å²) in [4.78, 5) is 14.6. The fourth-order valence-electron chi connectivity index (χ4n) is 1.92. The average Bonchev–Trinajstić information content (AvgIpc) is 2.48. The van der Waals surface area contributed by atoms with E-state index in [0.29, 0.717) is 30.3 Å². The Morgan fingerprint density at radius 3 is 2.73 bits per heavy atom. The van der Waals surface area contributed by atoms with Crippen LogP contribution in [0.2, 0.25) is 5.02 Å². The van der Waals surface area contributed by atoms with E-state index in [4.69, 9.17) is 16.3 Å². The zero-order valence-corrected chi connectivity index (χ0v) is 12.8. The summed E-state index contributed by atoms with van der Waals surface area (Å²) in [5, 5.41) is 14.6. The maximum absolute atomic E-state index is 11.0. The van der Waals surface area contributed by atoms with Gasteiger partial charge in [-0.1, -0.05) is 23.7 Å². The first-order valence-electron chi connectivity index (χ1n) is 6.74. The van der Waals surface area contributed by atoms with Crippen LogP contribution in [0.15, 0.2) is 36.5 Å². The van der Waals surface area contributed by atoms with Gasteiger partial charge in [0.2, 0.25) is 5.82 Å². The third kappa shape index (κ3) is 4.41. The second kappa shape index (κ2) is 7.72. The Hall–Kier alpha value is -2.18. The maximum atomic E-state index is 11.0. The van der Waals surface area contributed by atoms with Crippen molar-refractivity contribution >= 4 is 23.1 Å². The molecular weight excluding hydrogens is 306 g/mol. The molecule has 0 saturated heterocycles. The molecule has 0 radical (unpaired) electrons. The number of ether oxygens (including phenoxy) is 1. The van der Waals surface area contributed by atoms with Crippen molar-refractivity contribution in [1.29, 1.82) is 0 Å². The number of anilines is 1. The summed E-state index contributed by atoms with van der Waals surface area (Å²) in [6.07, 6.45) is 1.54. The molecule has 0 aliphatic heterocycles. The van der Waals surface area contributed by atoms with Gasteiger partial charge < -0.3 is 10.1 Å². The van der Waals surface area contributed by atoms with Crippen LogP contribution in [0, 0.1) is 17.0 Å². The SMILES string of the molecule is Cc1ccnc(NCCOCc2ccc(Cl)cc2)c1[N+](=O)[O-]. The molecule has 0 atom stereocenters. The van der Waals surface area contributed by atoms with Gasteiger partial charge in [0.05, 0.1) is 18.1 Å². The number of hydrogen-bond donors (Lipinski definition) is 1. The quantitative estimate of drug-likeness (QED) is 0.479. The summed E-state index contributed by atoms with van der Waals surface area (Å²) in [6.45, 7) is 2.99. The Bertz CT molecular complexity index is 647. The van der Waals surface area contributed by atoms with E-state index in [9.17, 15) is 10.1 Å². The van der Waals surface area contributed by atoms with E-state index < -0.39 is 4.92 Å². The number of hydrogen-bond acceptors (Lipinski definition) is 5. The number of rotatable bonds is 7. The summed E-state index contributed by atoms with van der Waals surface area (Å²) in [7, 11) is 0. The van der Waals surface area contributed by atoms with Crippen LogP contribution < -0.4 is 5.32 Å². The molecule has 1 aromatic carbocycles. The molecule has 0 fully saturated rings. The molecule has 1 N–H and O–H groups in total. The molecular formula is C15H16ClN3O3. The summed E-state index contributed by atoms with van der Waals surface area (Å²) >= 11 is 5.80. The maximum Gasteiger partial charge on any atom is 0.314 e. The lowest BCUT2D eigenvalue weighted by molar-refractivity contribution is -0.384. The first-order valence-corrected chi connectivity index (χ1v) is 7.12. The van der Waals surface area contributed by atoms with Gasteiger partial charge in [-0.3, -0.25) is 10.1 Å². The Balaban J connectivity index is 1.81. The summed E-state index contributed by atoms with van der Waals surface area (Å²) in [5.41, 5.74) is 1.59. The number of nitrogens with one attached hydrogen (secondary N) is 1. The van der Waals surface area contributed by atoms with E-state index >= 15 is 0 Å². The highest BCUT2D eigenvalue weighted by Gasteiger charge is 2.17. The lowest BCUT2D eigenvalue weighted by Crippen LogP contribution is -2.12. The molecule has 0 bridgehead atoms. The summed E-state index contributed by atoms with van der Waals surface area (Å²) < 4.78 is 5.51. The molecule has 1 aromatic heterocycles. The van der Waals surface area contributed by atoms with Crippen molar-refractivity contribution in [1.82, 2.24) is 4.98 Å². The van der Waals surface area contributed by atoms with Crippen LogP contribution >= 0.6 is 11.6 Å². The molecule has 2 aromatic rings. The minimum atomic E-state index is -0.431. The molecule has 116 valence electrons. The molecule has 0 unspecified atom stereocenters. The molecule has 1 heterocycles. The third-order valence-corrected chi connectivity index (χ3v) is 3.28. The normalized spacial score (nSPS) is 10.5. The van der Waals surface area contributed by atoms with Crippen molar-refractivity contribution in [2.24, 2.45) is 0 Å². The largest absolute Gasteiger partial charge is 0.375 e. The van der Waals surface area contributed by atoms with Crippen LogP contribution in [0.4, 0.5) is 11.5 Å². The topological polar surface area (TPSA) is 77.3 Å². The number of aryl methyl sites for hydroxylation is 1. The second-order valence-electron chi connectivity index (χ2n) is 4.69. The fourth-order valence-corrected chi connectivity index (χ4v) is 2.05. The van der Waals surface area contributed by atoms with Gasteiger partial charge in [0.25, 0.3) is 0 Å². The number of benzene rings is 1. The third-order valence-electron chi connectivity index (χ3n) is 3.03. The molecule has 22 heavy (non-hydrogen) atoms. The molecule has 7 heteroatoms. The fraction of sp³-hybridized carbons (Fsp3) is 0.267. The monoisotopic (exact) mass is 321 g/mol. The van der Waals surface area contributed by atoms with E-state index in [-0.39, 0.29) is 11.5 Å². The number of halogens is 1. The highest BCUT2D eigenvalue weighted by atomic mass is 35.5.